The maximum Gasteiger partial charge on any atom is 0.0465 e. The summed E-state index contributed by atoms with van der Waals surface area (Å²) in [4.78, 5) is 7.21. The third-order valence-corrected chi connectivity index (χ3v) is 20.0. The van der Waals surface area contributed by atoms with Gasteiger partial charge >= 0.3 is 0 Å². The second-order valence-electron chi connectivity index (χ2n) is 26.4. The van der Waals surface area contributed by atoms with Crippen LogP contribution >= 0.6 is 0 Å². The highest BCUT2D eigenvalue weighted by Gasteiger charge is 2.42. The van der Waals surface area contributed by atoms with Crippen molar-refractivity contribution in [2.24, 2.45) is 0 Å². The molecule has 0 unspecified atom stereocenters. The molecule has 1 aliphatic rings. The summed E-state index contributed by atoms with van der Waals surface area (Å²) < 4.78 is 0. The van der Waals surface area contributed by atoms with Crippen molar-refractivity contribution in [3.8, 4) is 55.6 Å². The summed E-state index contributed by atoms with van der Waals surface area (Å²) in [6.45, 7) is 11.4. The van der Waals surface area contributed by atoms with E-state index < -0.39 is 0 Å². The monoisotopic (exact) mass is 1240 g/mol. The average molecular weight is 1240 g/mol. The summed E-state index contributed by atoms with van der Waals surface area (Å²) in [6, 6.07) is 109. The van der Waals surface area contributed by atoms with Crippen LogP contribution in [0.2, 0.25) is 0 Å². The van der Waals surface area contributed by atoms with Crippen LogP contribution in [-0.2, 0) is 11.8 Å². The van der Waals surface area contributed by atoms with Crippen LogP contribution in [0.1, 0.15) is 132 Å². The highest BCUT2D eigenvalue weighted by Crippen LogP contribution is 2.56. The molecule has 0 aromatic heterocycles. The van der Waals surface area contributed by atoms with Crippen LogP contribution in [-0.4, -0.2) is 0 Å². The van der Waals surface area contributed by atoms with Crippen molar-refractivity contribution >= 4 is 51.2 Å². The van der Waals surface area contributed by atoms with Crippen molar-refractivity contribution in [2.75, 3.05) is 14.7 Å². The first kappa shape index (κ1) is 63.8. The van der Waals surface area contributed by atoms with E-state index in [0.29, 0.717) is 0 Å². The molecular formula is C92H91N3. The number of unbranched alkanes of at least 4 members (excludes halogenated alkanes) is 8. The Morgan fingerprint density at radius 3 is 1.02 bits per heavy atom. The van der Waals surface area contributed by atoms with Gasteiger partial charge in [0.2, 0.25) is 0 Å². The highest BCUT2D eigenvalue weighted by atomic mass is 15.2. The molecule has 95 heavy (non-hydrogen) atoms. The lowest BCUT2D eigenvalue weighted by Crippen LogP contribution is -2.26. The molecule has 12 aromatic carbocycles. The summed E-state index contributed by atoms with van der Waals surface area (Å²) in [6.07, 6.45) is 17.4. The minimum absolute atomic E-state index is 0.00445. The van der Waals surface area contributed by atoms with E-state index >= 15 is 0 Å². The summed E-state index contributed by atoms with van der Waals surface area (Å²) in [5, 5.41) is 0. The summed E-state index contributed by atoms with van der Waals surface area (Å²) >= 11 is 0. The van der Waals surface area contributed by atoms with E-state index in [2.05, 4.69) is 341 Å². The van der Waals surface area contributed by atoms with Crippen molar-refractivity contribution in [1.82, 2.24) is 0 Å². The van der Waals surface area contributed by atoms with Crippen LogP contribution in [0.4, 0.5) is 51.2 Å². The van der Waals surface area contributed by atoms with Crippen LogP contribution in [0.15, 0.2) is 291 Å². The summed E-state index contributed by atoms with van der Waals surface area (Å²) in [5.74, 6) is 0. The van der Waals surface area contributed by atoms with Gasteiger partial charge < -0.3 is 14.7 Å². The first-order valence-electron chi connectivity index (χ1n) is 35.3. The largest absolute Gasteiger partial charge is 0.310 e. The van der Waals surface area contributed by atoms with E-state index in [-0.39, 0.29) is 5.41 Å². The Kier molecular flexibility index (Phi) is 20.1. The zero-order chi connectivity index (χ0) is 64.9. The van der Waals surface area contributed by atoms with E-state index in [1.807, 2.05) is 0 Å². The lowest BCUT2D eigenvalue weighted by molar-refractivity contribution is 0.401. The van der Waals surface area contributed by atoms with E-state index in [4.69, 9.17) is 0 Å². The van der Waals surface area contributed by atoms with Gasteiger partial charge in [-0.3, -0.25) is 0 Å². The minimum Gasteiger partial charge on any atom is -0.310 e. The van der Waals surface area contributed by atoms with Gasteiger partial charge in [-0.1, -0.05) is 261 Å². The normalized spacial score (nSPS) is 12.1. The third kappa shape index (κ3) is 14.0. The number of benzene rings is 12. The molecule has 12 aromatic rings. The SMILES string of the molecule is CCCCCCC1(CCCCCC)c2ccccc2-c2ccc(N(c3ccccc3)c3ccc(-c4cccc(-c5ccc(N(c6ccc(-c7ccc(CCCCC)cc7)cc6)c6ccc(-c7ccc(N(c8ccccc8)c8ccccc8)cc7C)c(C)c6)cc5)c4)cc3)cc21. The number of aryl methyl sites for hydroxylation is 3. The van der Waals surface area contributed by atoms with Crippen LogP contribution in [0.5, 0.6) is 0 Å². The first-order chi connectivity index (χ1) is 46.8. The second-order valence-corrected chi connectivity index (χ2v) is 26.4. The molecule has 0 saturated heterocycles. The van der Waals surface area contributed by atoms with E-state index in [1.54, 1.807) is 0 Å². The summed E-state index contributed by atoms with van der Waals surface area (Å²) in [5.41, 5.74) is 29.6. The van der Waals surface area contributed by atoms with Crippen molar-refractivity contribution in [3.63, 3.8) is 0 Å². The number of fused-ring (bicyclic) bond motifs is 3. The molecule has 0 aliphatic heterocycles. The standard InChI is InChI=1S/C92H91N3/c1-6-9-12-26-62-92(63-27-13-10-7-2)90-39-25-24-38-88(90)89-61-58-85(67-91(89)92)94(79-36-22-16-23-37-79)80-52-46-73(47-53-80)75-30-28-31-76(66-75)74-48-54-82(55-49-74)95(81-50-44-72(45-51-81)71-42-40-70(41-43-71)29-17-11-8-3)84-57-60-87(69(5)65-84)86-59-56-83(64-68(86)4)93(77-32-18-14-19-33-77)78-34-20-15-21-35-78/h14-16,18-25,28,30-61,64-67H,6-13,17,26-27,29,62-63H2,1-5H3. The van der Waals surface area contributed by atoms with Crippen LogP contribution in [0, 0.1) is 13.8 Å². The second kappa shape index (κ2) is 30.0. The molecule has 0 bridgehead atoms. The molecule has 0 saturated carbocycles. The molecule has 0 N–H and O–H groups in total. The van der Waals surface area contributed by atoms with Gasteiger partial charge in [0.1, 0.15) is 0 Å². The zero-order valence-corrected chi connectivity index (χ0v) is 56.5. The Labute approximate surface area is 567 Å². The summed E-state index contributed by atoms with van der Waals surface area (Å²) in [7, 11) is 0. The predicted octanol–water partition coefficient (Wildman–Crippen LogP) is 27.3. The van der Waals surface area contributed by atoms with Gasteiger partial charge in [0.25, 0.3) is 0 Å². The lowest BCUT2D eigenvalue weighted by atomic mass is 9.70. The zero-order valence-electron chi connectivity index (χ0n) is 56.5. The fraction of sp³-hybridized carbons (Fsp3) is 0.217. The average Bonchev–Trinajstić information content (AvgIpc) is 1.57. The lowest BCUT2D eigenvalue weighted by Gasteiger charge is -2.34. The molecule has 0 atom stereocenters. The molecule has 0 amide bonds. The van der Waals surface area contributed by atoms with Gasteiger partial charge in [0.15, 0.2) is 0 Å². The molecule has 0 heterocycles. The van der Waals surface area contributed by atoms with Crippen LogP contribution in [0.25, 0.3) is 55.6 Å². The molecule has 0 radical (unpaired) electrons. The Morgan fingerprint density at radius 2 is 0.589 bits per heavy atom. The van der Waals surface area contributed by atoms with Crippen LogP contribution < -0.4 is 14.7 Å². The van der Waals surface area contributed by atoms with Gasteiger partial charge in [0, 0.05) is 56.6 Å². The van der Waals surface area contributed by atoms with E-state index in [9.17, 15) is 0 Å². The number of para-hydroxylation sites is 3. The van der Waals surface area contributed by atoms with Crippen molar-refractivity contribution in [1.29, 1.82) is 0 Å². The molecule has 3 heteroatoms. The molecule has 3 nitrogen and oxygen atoms in total. The molecule has 0 fully saturated rings. The minimum atomic E-state index is 0.00445. The number of anilines is 9. The maximum atomic E-state index is 2.57. The predicted molar refractivity (Wildman–Crippen MR) is 409 cm³/mol. The van der Waals surface area contributed by atoms with Crippen LogP contribution in [0.3, 0.4) is 0 Å². The molecule has 0 spiro atoms. The van der Waals surface area contributed by atoms with Crippen molar-refractivity contribution < 1.29 is 0 Å². The van der Waals surface area contributed by atoms with Crippen molar-refractivity contribution in [3.05, 3.63) is 319 Å². The topological polar surface area (TPSA) is 9.72 Å². The molecule has 1 aliphatic carbocycles. The highest BCUT2D eigenvalue weighted by molar-refractivity contribution is 5.88. The number of nitrogens with zero attached hydrogens (tertiary/aromatic N) is 3. The molecule has 13 rings (SSSR count). The Balaban J connectivity index is 0.798. The maximum absolute atomic E-state index is 2.57. The third-order valence-electron chi connectivity index (χ3n) is 20.0. The fourth-order valence-corrected chi connectivity index (χ4v) is 14.9. The Hall–Kier alpha value is -9.96. The quantitative estimate of drug-likeness (QED) is 0.0475. The van der Waals surface area contributed by atoms with Gasteiger partial charge in [-0.2, -0.15) is 0 Å². The Bertz CT molecular complexity index is 4400. The fourth-order valence-electron chi connectivity index (χ4n) is 14.9. The smallest absolute Gasteiger partial charge is 0.0465 e. The van der Waals surface area contributed by atoms with Crippen molar-refractivity contribution in [2.45, 2.75) is 130 Å². The Morgan fingerprint density at radius 1 is 0.242 bits per heavy atom. The molecule has 474 valence electrons. The number of hydrogen-bond acceptors (Lipinski definition) is 3. The van der Waals surface area contributed by atoms with Gasteiger partial charge in [-0.15, -0.1) is 0 Å². The number of hydrogen-bond donors (Lipinski definition) is 0. The number of rotatable bonds is 27. The molecular weight excluding hydrogens is 1150 g/mol. The van der Waals surface area contributed by atoms with Gasteiger partial charge in [-0.05, 0) is 238 Å². The van der Waals surface area contributed by atoms with E-state index in [1.165, 1.54) is 173 Å². The van der Waals surface area contributed by atoms with E-state index in [0.717, 1.165) is 51.9 Å². The van der Waals surface area contributed by atoms with Gasteiger partial charge in [-0.25, -0.2) is 0 Å². The first-order valence-corrected chi connectivity index (χ1v) is 35.3. The van der Waals surface area contributed by atoms with Gasteiger partial charge in [0.05, 0.1) is 0 Å².